The lowest BCUT2D eigenvalue weighted by molar-refractivity contribution is 0.477. The highest BCUT2D eigenvalue weighted by molar-refractivity contribution is 8.00. The average Bonchev–Trinajstić information content (AvgIpc) is 3.08. The molecule has 18 heavy (non-hydrogen) atoms. The van der Waals surface area contributed by atoms with Crippen molar-refractivity contribution >= 4 is 11.8 Å². The molecule has 1 aromatic rings. The van der Waals surface area contributed by atoms with Gasteiger partial charge in [0.15, 0.2) is 0 Å². The second-order valence-corrected chi connectivity index (χ2v) is 7.18. The van der Waals surface area contributed by atoms with E-state index in [9.17, 15) is 0 Å². The first-order valence-electron chi connectivity index (χ1n) is 7.24. The fourth-order valence-corrected chi connectivity index (χ4v) is 4.04. The van der Waals surface area contributed by atoms with Crippen LogP contribution in [0.2, 0.25) is 0 Å². The van der Waals surface area contributed by atoms with Gasteiger partial charge in [-0.25, -0.2) is 0 Å². The minimum absolute atomic E-state index is 0.604. The third-order valence-electron chi connectivity index (χ3n) is 4.12. The minimum Gasteiger partial charge on any atom is -0.309 e. The molecule has 2 unspecified atom stereocenters. The van der Waals surface area contributed by atoms with Crippen molar-refractivity contribution < 1.29 is 0 Å². The van der Waals surface area contributed by atoms with Crippen molar-refractivity contribution in [2.75, 3.05) is 12.3 Å². The van der Waals surface area contributed by atoms with Gasteiger partial charge < -0.3 is 5.32 Å². The monoisotopic (exact) mass is 261 g/mol. The number of hydrogen-bond donors (Lipinski definition) is 1. The van der Waals surface area contributed by atoms with Gasteiger partial charge in [0, 0.05) is 17.8 Å². The number of thioether (sulfide) groups is 1. The number of rotatable bonds is 5. The van der Waals surface area contributed by atoms with Crippen molar-refractivity contribution in [3.05, 3.63) is 35.4 Å². The summed E-state index contributed by atoms with van der Waals surface area (Å²) in [5, 5.41) is 4.70. The van der Waals surface area contributed by atoms with Crippen molar-refractivity contribution in [3.8, 4) is 0 Å². The lowest BCUT2D eigenvalue weighted by atomic mass is 10.0. The highest BCUT2D eigenvalue weighted by atomic mass is 32.2. The van der Waals surface area contributed by atoms with Gasteiger partial charge in [-0.1, -0.05) is 29.8 Å². The van der Waals surface area contributed by atoms with E-state index in [1.54, 1.807) is 0 Å². The second-order valence-electron chi connectivity index (χ2n) is 5.77. The van der Waals surface area contributed by atoms with Crippen molar-refractivity contribution in [1.82, 2.24) is 5.32 Å². The average molecular weight is 261 g/mol. The Morgan fingerprint density at radius 1 is 1.22 bits per heavy atom. The molecule has 98 valence electrons. The van der Waals surface area contributed by atoms with Crippen LogP contribution in [0.4, 0.5) is 0 Å². The van der Waals surface area contributed by atoms with E-state index in [-0.39, 0.29) is 0 Å². The molecule has 1 saturated carbocycles. The zero-order chi connectivity index (χ0) is 12.4. The summed E-state index contributed by atoms with van der Waals surface area (Å²) in [7, 11) is 0. The molecule has 1 saturated heterocycles. The molecular formula is C16H23NS. The molecule has 1 nitrogen and oxygen atoms in total. The molecule has 1 heterocycles. The summed E-state index contributed by atoms with van der Waals surface area (Å²) in [5.41, 5.74) is 2.85. The molecule has 2 atom stereocenters. The third-order valence-corrected chi connectivity index (χ3v) is 5.52. The summed E-state index contributed by atoms with van der Waals surface area (Å²) in [6.07, 6.45) is 5.63. The van der Waals surface area contributed by atoms with Gasteiger partial charge in [0.2, 0.25) is 0 Å². The largest absolute Gasteiger partial charge is 0.309 e. The number of hydrogen-bond acceptors (Lipinski definition) is 2. The molecule has 2 fully saturated rings. The van der Waals surface area contributed by atoms with E-state index < -0.39 is 0 Å². The van der Waals surface area contributed by atoms with Crippen LogP contribution in [0, 0.1) is 12.8 Å². The Labute approximate surface area is 115 Å². The van der Waals surface area contributed by atoms with Crippen LogP contribution in [0.1, 0.15) is 42.9 Å². The maximum absolute atomic E-state index is 3.84. The first-order valence-corrected chi connectivity index (χ1v) is 8.29. The molecule has 0 aromatic heterocycles. The van der Waals surface area contributed by atoms with Crippen molar-refractivity contribution in [2.24, 2.45) is 5.92 Å². The van der Waals surface area contributed by atoms with Crippen LogP contribution < -0.4 is 5.32 Å². The maximum atomic E-state index is 3.84. The van der Waals surface area contributed by atoms with Crippen LogP contribution in [0.3, 0.4) is 0 Å². The zero-order valence-electron chi connectivity index (χ0n) is 11.2. The SMILES string of the molecule is Cc1ccc(C(NCC2CCCS2)C2CC2)cc1. The van der Waals surface area contributed by atoms with Crippen LogP contribution in [-0.4, -0.2) is 17.5 Å². The van der Waals surface area contributed by atoms with Crippen LogP contribution in [0.5, 0.6) is 0 Å². The second kappa shape index (κ2) is 5.66. The van der Waals surface area contributed by atoms with E-state index in [1.807, 2.05) is 0 Å². The molecule has 0 spiro atoms. The standard InChI is InChI=1S/C16H23NS/c1-12-4-6-13(7-5-12)16(14-8-9-14)17-11-15-3-2-10-18-15/h4-7,14-17H,2-3,8-11H2,1H3. The molecule has 0 radical (unpaired) electrons. The number of aryl methyl sites for hydroxylation is 1. The molecule has 0 bridgehead atoms. The van der Waals surface area contributed by atoms with Crippen LogP contribution in [0.25, 0.3) is 0 Å². The first-order chi connectivity index (χ1) is 8.83. The summed E-state index contributed by atoms with van der Waals surface area (Å²) >= 11 is 2.15. The highest BCUT2D eigenvalue weighted by Gasteiger charge is 2.32. The fourth-order valence-electron chi connectivity index (χ4n) is 2.82. The Bertz CT molecular complexity index is 377. The zero-order valence-corrected chi connectivity index (χ0v) is 12.0. The quantitative estimate of drug-likeness (QED) is 0.862. The predicted molar refractivity (Wildman–Crippen MR) is 80.1 cm³/mol. The van der Waals surface area contributed by atoms with Crippen LogP contribution in [0.15, 0.2) is 24.3 Å². The molecule has 0 amide bonds. The van der Waals surface area contributed by atoms with Gasteiger partial charge in [-0.15, -0.1) is 0 Å². The smallest absolute Gasteiger partial charge is 0.0349 e. The molecule has 2 aliphatic rings. The van der Waals surface area contributed by atoms with Crippen molar-refractivity contribution in [2.45, 2.75) is 43.9 Å². The summed E-state index contributed by atoms with van der Waals surface area (Å²) in [6, 6.07) is 9.72. The molecule has 1 aromatic carbocycles. The molecule has 1 N–H and O–H groups in total. The maximum Gasteiger partial charge on any atom is 0.0349 e. The summed E-state index contributed by atoms with van der Waals surface area (Å²) in [4.78, 5) is 0. The topological polar surface area (TPSA) is 12.0 Å². The number of benzene rings is 1. The Morgan fingerprint density at radius 2 is 2.00 bits per heavy atom. The molecule has 2 heteroatoms. The van der Waals surface area contributed by atoms with Crippen LogP contribution in [-0.2, 0) is 0 Å². The molecule has 1 aliphatic carbocycles. The lowest BCUT2D eigenvalue weighted by Crippen LogP contribution is -2.29. The van der Waals surface area contributed by atoms with Gasteiger partial charge in [0.25, 0.3) is 0 Å². The Kier molecular flexibility index (Phi) is 3.95. The van der Waals surface area contributed by atoms with Crippen LogP contribution >= 0.6 is 11.8 Å². The van der Waals surface area contributed by atoms with Crippen molar-refractivity contribution in [3.63, 3.8) is 0 Å². The van der Waals surface area contributed by atoms with Gasteiger partial charge in [-0.3, -0.25) is 0 Å². The number of nitrogens with one attached hydrogen (secondary N) is 1. The lowest BCUT2D eigenvalue weighted by Gasteiger charge is -2.21. The van der Waals surface area contributed by atoms with Gasteiger partial charge in [-0.05, 0) is 49.8 Å². The highest BCUT2D eigenvalue weighted by Crippen LogP contribution is 2.41. The Hall–Kier alpha value is -0.470. The summed E-state index contributed by atoms with van der Waals surface area (Å²) in [6.45, 7) is 3.36. The van der Waals surface area contributed by atoms with Gasteiger partial charge >= 0.3 is 0 Å². The van der Waals surface area contributed by atoms with E-state index >= 15 is 0 Å². The van der Waals surface area contributed by atoms with Gasteiger partial charge in [0.05, 0.1) is 0 Å². The molecule has 1 aliphatic heterocycles. The van der Waals surface area contributed by atoms with Gasteiger partial charge in [0.1, 0.15) is 0 Å². The Morgan fingerprint density at radius 3 is 2.61 bits per heavy atom. The van der Waals surface area contributed by atoms with E-state index in [4.69, 9.17) is 0 Å². The normalized spacial score (nSPS) is 25.3. The van der Waals surface area contributed by atoms with E-state index in [1.165, 1.54) is 49.1 Å². The minimum atomic E-state index is 0.604. The summed E-state index contributed by atoms with van der Waals surface area (Å²) < 4.78 is 0. The molecular weight excluding hydrogens is 238 g/mol. The molecule has 3 rings (SSSR count). The summed E-state index contributed by atoms with van der Waals surface area (Å²) in [5.74, 6) is 2.25. The van der Waals surface area contributed by atoms with E-state index in [0.29, 0.717) is 6.04 Å². The Balaban J connectivity index is 1.62. The fraction of sp³-hybridized carbons (Fsp3) is 0.625. The predicted octanol–water partition coefficient (Wildman–Crippen LogP) is 3.93. The van der Waals surface area contributed by atoms with Gasteiger partial charge in [-0.2, -0.15) is 11.8 Å². The first kappa shape index (κ1) is 12.6. The van der Waals surface area contributed by atoms with Crippen molar-refractivity contribution in [1.29, 1.82) is 0 Å². The van der Waals surface area contributed by atoms with E-state index in [2.05, 4.69) is 48.3 Å². The van der Waals surface area contributed by atoms with E-state index in [0.717, 1.165) is 11.2 Å². The third kappa shape index (κ3) is 3.10.